The van der Waals surface area contributed by atoms with Crippen molar-refractivity contribution in [1.82, 2.24) is 4.98 Å². The van der Waals surface area contributed by atoms with Gasteiger partial charge in [0.25, 0.3) is 0 Å². The van der Waals surface area contributed by atoms with Gasteiger partial charge in [0, 0.05) is 10.8 Å². The van der Waals surface area contributed by atoms with E-state index < -0.39 is 6.10 Å². The van der Waals surface area contributed by atoms with Crippen molar-refractivity contribution >= 4 is 11.3 Å². The molecule has 0 aliphatic carbocycles. The fourth-order valence-electron chi connectivity index (χ4n) is 1.86. The van der Waals surface area contributed by atoms with Gasteiger partial charge in [0.1, 0.15) is 11.9 Å². The highest BCUT2D eigenvalue weighted by Crippen LogP contribution is 2.31. The van der Waals surface area contributed by atoms with Gasteiger partial charge in [0.2, 0.25) is 0 Å². The van der Waals surface area contributed by atoms with Crippen molar-refractivity contribution in [2.24, 2.45) is 0 Å². The summed E-state index contributed by atoms with van der Waals surface area (Å²) in [5, 5.41) is 13.2. The Morgan fingerprint density at radius 1 is 1.32 bits per heavy atom. The smallest absolute Gasteiger partial charge is 0.123 e. The molecule has 1 aromatic carbocycles. The van der Waals surface area contributed by atoms with Gasteiger partial charge in [-0.3, -0.25) is 0 Å². The summed E-state index contributed by atoms with van der Waals surface area (Å²) in [6.45, 7) is 8.06. The highest BCUT2D eigenvalue weighted by atomic mass is 32.1. The van der Waals surface area contributed by atoms with E-state index in [2.05, 4.69) is 25.8 Å². The first-order valence-electron chi connectivity index (χ1n) is 6.19. The molecular weight excluding hydrogens is 261 g/mol. The van der Waals surface area contributed by atoms with Gasteiger partial charge < -0.3 is 5.11 Å². The first kappa shape index (κ1) is 14.2. The van der Waals surface area contributed by atoms with E-state index in [4.69, 9.17) is 0 Å². The second-order valence-electron chi connectivity index (χ2n) is 5.73. The summed E-state index contributed by atoms with van der Waals surface area (Å²) in [5.41, 5.74) is 2.04. The zero-order chi connectivity index (χ0) is 14.2. The summed E-state index contributed by atoms with van der Waals surface area (Å²) >= 11 is 1.54. The number of aliphatic hydroxyl groups excluding tert-OH is 1. The van der Waals surface area contributed by atoms with Crippen LogP contribution in [0, 0.1) is 12.7 Å². The maximum absolute atomic E-state index is 13.1. The third kappa shape index (κ3) is 3.01. The number of thiazole rings is 1. The number of aryl methyl sites for hydroxylation is 1. The standard InChI is InChI=1S/C15H18FNOS/c1-9-7-10(16)5-6-11(9)13(18)12-8-19-14(17-12)15(2,3)4/h5-8,13,18H,1-4H3. The van der Waals surface area contributed by atoms with Crippen LogP contribution in [0.2, 0.25) is 0 Å². The SMILES string of the molecule is Cc1cc(F)ccc1C(O)c1csc(C(C)(C)C)n1. The molecule has 102 valence electrons. The number of hydrogen-bond donors (Lipinski definition) is 1. The topological polar surface area (TPSA) is 33.1 Å². The molecule has 0 aliphatic rings. The maximum Gasteiger partial charge on any atom is 0.123 e. The van der Waals surface area contributed by atoms with E-state index in [1.807, 2.05) is 5.38 Å². The van der Waals surface area contributed by atoms with Crippen molar-refractivity contribution < 1.29 is 9.50 Å². The molecule has 0 radical (unpaired) electrons. The Kier molecular flexibility index (Phi) is 3.74. The van der Waals surface area contributed by atoms with Crippen LogP contribution in [0.1, 0.15) is 48.7 Å². The fourth-order valence-corrected chi connectivity index (χ4v) is 2.79. The van der Waals surface area contributed by atoms with Crippen LogP contribution in [0.5, 0.6) is 0 Å². The van der Waals surface area contributed by atoms with E-state index in [9.17, 15) is 9.50 Å². The Morgan fingerprint density at radius 3 is 2.53 bits per heavy atom. The Labute approximate surface area is 116 Å². The maximum atomic E-state index is 13.1. The molecule has 0 saturated heterocycles. The van der Waals surface area contributed by atoms with Crippen LogP contribution in [0.3, 0.4) is 0 Å². The summed E-state index contributed by atoms with van der Waals surface area (Å²) in [5.74, 6) is -0.290. The van der Waals surface area contributed by atoms with Crippen molar-refractivity contribution in [3.05, 3.63) is 51.2 Å². The minimum Gasteiger partial charge on any atom is -0.382 e. The zero-order valence-corrected chi connectivity index (χ0v) is 12.4. The van der Waals surface area contributed by atoms with E-state index in [1.165, 1.54) is 12.1 Å². The largest absolute Gasteiger partial charge is 0.382 e. The zero-order valence-electron chi connectivity index (χ0n) is 11.6. The lowest BCUT2D eigenvalue weighted by molar-refractivity contribution is 0.214. The Morgan fingerprint density at radius 2 is 2.00 bits per heavy atom. The molecule has 0 spiro atoms. The lowest BCUT2D eigenvalue weighted by atomic mass is 9.98. The van der Waals surface area contributed by atoms with E-state index in [0.29, 0.717) is 11.3 Å². The van der Waals surface area contributed by atoms with Crippen LogP contribution in [0.25, 0.3) is 0 Å². The molecule has 0 bridgehead atoms. The number of aliphatic hydroxyl groups is 1. The predicted octanol–water partition coefficient (Wildman–Crippen LogP) is 3.97. The third-order valence-corrected chi connectivity index (χ3v) is 4.26. The third-order valence-electron chi connectivity index (χ3n) is 2.97. The van der Waals surface area contributed by atoms with Crippen LogP contribution in [0.4, 0.5) is 4.39 Å². The molecule has 1 aromatic heterocycles. The molecule has 1 atom stereocenters. The Hall–Kier alpha value is -1.26. The van der Waals surface area contributed by atoms with Crippen molar-refractivity contribution in [2.75, 3.05) is 0 Å². The van der Waals surface area contributed by atoms with Gasteiger partial charge in [0.05, 0.1) is 10.7 Å². The summed E-state index contributed by atoms with van der Waals surface area (Å²) < 4.78 is 13.1. The molecule has 4 heteroatoms. The van der Waals surface area contributed by atoms with Gasteiger partial charge in [0.15, 0.2) is 0 Å². The van der Waals surface area contributed by atoms with Crippen molar-refractivity contribution in [3.8, 4) is 0 Å². The highest BCUT2D eigenvalue weighted by molar-refractivity contribution is 7.09. The molecule has 19 heavy (non-hydrogen) atoms. The van der Waals surface area contributed by atoms with E-state index in [-0.39, 0.29) is 11.2 Å². The number of halogens is 1. The molecule has 1 unspecified atom stereocenters. The van der Waals surface area contributed by atoms with Gasteiger partial charge in [-0.05, 0) is 30.2 Å². The minimum atomic E-state index is -0.798. The first-order chi connectivity index (χ1) is 8.79. The molecule has 2 aromatic rings. The lowest BCUT2D eigenvalue weighted by Crippen LogP contribution is -2.11. The number of rotatable bonds is 2. The Balaban J connectivity index is 2.34. The second-order valence-corrected chi connectivity index (χ2v) is 6.59. The fraction of sp³-hybridized carbons (Fsp3) is 0.400. The average molecular weight is 279 g/mol. The van der Waals surface area contributed by atoms with Gasteiger partial charge >= 0.3 is 0 Å². The predicted molar refractivity (Wildman–Crippen MR) is 76.0 cm³/mol. The van der Waals surface area contributed by atoms with Gasteiger partial charge in [-0.1, -0.05) is 26.8 Å². The minimum absolute atomic E-state index is 0.0273. The van der Waals surface area contributed by atoms with E-state index in [1.54, 1.807) is 24.3 Å². The second kappa shape index (κ2) is 5.02. The van der Waals surface area contributed by atoms with Crippen LogP contribution >= 0.6 is 11.3 Å². The summed E-state index contributed by atoms with van der Waals surface area (Å²) in [4.78, 5) is 4.50. The molecule has 1 N–H and O–H groups in total. The van der Waals surface area contributed by atoms with Crippen LogP contribution in [-0.4, -0.2) is 10.1 Å². The van der Waals surface area contributed by atoms with Crippen LogP contribution < -0.4 is 0 Å². The van der Waals surface area contributed by atoms with Gasteiger partial charge in [-0.25, -0.2) is 9.37 Å². The highest BCUT2D eigenvalue weighted by Gasteiger charge is 2.22. The van der Waals surface area contributed by atoms with E-state index >= 15 is 0 Å². The lowest BCUT2D eigenvalue weighted by Gasteiger charge is -2.15. The summed E-state index contributed by atoms with van der Waals surface area (Å²) in [6.07, 6.45) is -0.798. The molecule has 0 aliphatic heterocycles. The van der Waals surface area contributed by atoms with Crippen LogP contribution in [0.15, 0.2) is 23.6 Å². The first-order valence-corrected chi connectivity index (χ1v) is 7.07. The molecule has 2 rings (SSSR count). The molecule has 1 heterocycles. The molecular formula is C15H18FNOS. The van der Waals surface area contributed by atoms with Gasteiger partial charge in [-0.15, -0.1) is 11.3 Å². The van der Waals surface area contributed by atoms with E-state index in [0.717, 1.165) is 10.6 Å². The number of benzene rings is 1. The average Bonchev–Trinajstić information content (AvgIpc) is 2.76. The molecule has 0 saturated carbocycles. The monoisotopic (exact) mass is 279 g/mol. The Bertz CT molecular complexity index is 586. The number of hydrogen-bond acceptors (Lipinski definition) is 3. The van der Waals surface area contributed by atoms with Gasteiger partial charge in [-0.2, -0.15) is 0 Å². The van der Waals surface area contributed by atoms with Crippen molar-refractivity contribution in [3.63, 3.8) is 0 Å². The quantitative estimate of drug-likeness (QED) is 0.902. The summed E-state index contributed by atoms with van der Waals surface area (Å²) in [6, 6.07) is 4.41. The normalized spacial score (nSPS) is 13.6. The van der Waals surface area contributed by atoms with Crippen molar-refractivity contribution in [1.29, 1.82) is 0 Å². The molecule has 2 nitrogen and oxygen atoms in total. The number of aromatic nitrogens is 1. The van der Waals surface area contributed by atoms with Crippen molar-refractivity contribution in [2.45, 2.75) is 39.2 Å². The molecule has 0 fully saturated rings. The molecule has 0 amide bonds. The summed E-state index contributed by atoms with van der Waals surface area (Å²) in [7, 11) is 0. The number of nitrogens with zero attached hydrogens (tertiary/aromatic N) is 1. The van der Waals surface area contributed by atoms with Crippen LogP contribution in [-0.2, 0) is 5.41 Å².